The Labute approximate surface area is 87.6 Å². The third kappa shape index (κ3) is 2.02. The zero-order valence-electron chi connectivity index (χ0n) is 8.05. The second-order valence-corrected chi connectivity index (χ2v) is 3.25. The van der Waals surface area contributed by atoms with Crippen LogP contribution in [-0.4, -0.2) is 11.3 Å². The first-order chi connectivity index (χ1) is 7.29. The molecule has 2 N–H and O–H groups in total. The average Bonchev–Trinajstić information content (AvgIpc) is 2.30. The zero-order chi connectivity index (χ0) is 10.7. The van der Waals surface area contributed by atoms with Crippen LogP contribution in [0.15, 0.2) is 42.7 Å². The van der Waals surface area contributed by atoms with Crippen molar-refractivity contribution in [1.29, 1.82) is 0 Å². The van der Waals surface area contributed by atoms with Crippen molar-refractivity contribution >= 4 is 12.0 Å². The van der Waals surface area contributed by atoms with Crippen LogP contribution in [0.3, 0.4) is 0 Å². The Morgan fingerprint density at radius 3 is 2.47 bits per heavy atom. The molecule has 0 aliphatic heterocycles. The van der Waals surface area contributed by atoms with Crippen molar-refractivity contribution < 1.29 is 4.79 Å². The van der Waals surface area contributed by atoms with Crippen LogP contribution in [0.25, 0.3) is 11.1 Å². The van der Waals surface area contributed by atoms with Gasteiger partial charge < -0.3 is 5.73 Å². The average molecular weight is 198 g/mol. The minimum atomic E-state index is 0.573. The van der Waals surface area contributed by atoms with E-state index in [1.54, 1.807) is 12.3 Å². The van der Waals surface area contributed by atoms with Crippen molar-refractivity contribution in [2.45, 2.75) is 0 Å². The highest BCUT2D eigenvalue weighted by atomic mass is 16.1. The molecule has 0 spiro atoms. The van der Waals surface area contributed by atoms with Gasteiger partial charge in [0.1, 0.15) is 0 Å². The maximum atomic E-state index is 10.6. The van der Waals surface area contributed by atoms with E-state index in [1.165, 1.54) is 6.20 Å². The van der Waals surface area contributed by atoms with Gasteiger partial charge >= 0.3 is 0 Å². The van der Waals surface area contributed by atoms with Crippen LogP contribution in [0.4, 0.5) is 5.69 Å². The molecule has 0 atom stereocenters. The SMILES string of the molecule is Nc1ccc(-c2cncc(C=O)c2)cc1. The Kier molecular flexibility index (Phi) is 2.46. The van der Waals surface area contributed by atoms with E-state index < -0.39 is 0 Å². The van der Waals surface area contributed by atoms with Gasteiger partial charge in [0.05, 0.1) is 0 Å². The van der Waals surface area contributed by atoms with Crippen LogP contribution in [0.1, 0.15) is 10.4 Å². The summed E-state index contributed by atoms with van der Waals surface area (Å²) in [5.74, 6) is 0. The van der Waals surface area contributed by atoms with Gasteiger partial charge in [-0.1, -0.05) is 12.1 Å². The van der Waals surface area contributed by atoms with Crippen molar-refractivity contribution in [2.75, 3.05) is 5.73 Å². The van der Waals surface area contributed by atoms with E-state index in [2.05, 4.69) is 4.98 Å². The molecule has 0 fully saturated rings. The van der Waals surface area contributed by atoms with E-state index in [9.17, 15) is 4.79 Å². The van der Waals surface area contributed by atoms with Crippen LogP contribution in [0, 0.1) is 0 Å². The Morgan fingerprint density at radius 1 is 1.07 bits per heavy atom. The van der Waals surface area contributed by atoms with Gasteiger partial charge in [-0.3, -0.25) is 9.78 Å². The second-order valence-electron chi connectivity index (χ2n) is 3.25. The summed E-state index contributed by atoms with van der Waals surface area (Å²) in [6.45, 7) is 0. The van der Waals surface area contributed by atoms with E-state index >= 15 is 0 Å². The lowest BCUT2D eigenvalue weighted by Gasteiger charge is -2.01. The van der Waals surface area contributed by atoms with Gasteiger partial charge in [0.25, 0.3) is 0 Å². The molecule has 1 aromatic heterocycles. The van der Waals surface area contributed by atoms with Crippen molar-refractivity contribution in [1.82, 2.24) is 4.98 Å². The molecule has 0 amide bonds. The predicted molar refractivity (Wildman–Crippen MR) is 59.5 cm³/mol. The number of hydrogen-bond donors (Lipinski definition) is 1. The summed E-state index contributed by atoms with van der Waals surface area (Å²) in [5.41, 5.74) is 8.80. The quantitative estimate of drug-likeness (QED) is 0.594. The predicted octanol–water partition coefficient (Wildman–Crippen LogP) is 2.14. The number of carbonyl (C=O) groups excluding carboxylic acids is 1. The highest BCUT2D eigenvalue weighted by molar-refractivity contribution is 5.78. The number of nitrogens with zero attached hydrogens (tertiary/aromatic N) is 1. The smallest absolute Gasteiger partial charge is 0.151 e. The molecule has 2 aromatic rings. The first kappa shape index (κ1) is 9.40. The summed E-state index contributed by atoms with van der Waals surface area (Å²) >= 11 is 0. The summed E-state index contributed by atoms with van der Waals surface area (Å²) in [5, 5.41) is 0. The van der Waals surface area contributed by atoms with Gasteiger partial charge in [-0.2, -0.15) is 0 Å². The Morgan fingerprint density at radius 2 is 1.80 bits per heavy atom. The number of benzene rings is 1. The van der Waals surface area contributed by atoms with Gasteiger partial charge in [0, 0.05) is 29.2 Å². The molecule has 3 nitrogen and oxygen atoms in total. The summed E-state index contributed by atoms with van der Waals surface area (Å²) in [6, 6.07) is 9.25. The highest BCUT2D eigenvalue weighted by Crippen LogP contribution is 2.19. The van der Waals surface area contributed by atoms with Crippen molar-refractivity contribution in [2.24, 2.45) is 0 Å². The monoisotopic (exact) mass is 198 g/mol. The molecule has 0 radical (unpaired) electrons. The van der Waals surface area contributed by atoms with Crippen molar-refractivity contribution in [3.8, 4) is 11.1 Å². The second kappa shape index (κ2) is 3.92. The number of aldehydes is 1. The third-order valence-corrected chi connectivity index (χ3v) is 2.14. The minimum absolute atomic E-state index is 0.573. The van der Waals surface area contributed by atoms with E-state index in [1.807, 2.05) is 24.3 Å². The summed E-state index contributed by atoms with van der Waals surface area (Å²) < 4.78 is 0. The Balaban J connectivity index is 2.44. The molecule has 3 heteroatoms. The van der Waals surface area contributed by atoms with Gasteiger partial charge in [-0.05, 0) is 23.8 Å². The topological polar surface area (TPSA) is 56.0 Å². The lowest BCUT2D eigenvalue weighted by Crippen LogP contribution is -1.87. The van der Waals surface area contributed by atoms with Crippen LogP contribution < -0.4 is 5.73 Å². The third-order valence-electron chi connectivity index (χ3n) is 2.14. The normalized spacial score (nSPS) is 9.87. The molecule has 0 saturated carbocycles. The molecule has 2 rings (SSSR count). The van der Waals surface area contributed by atoms with Gasteiger partial charge in [0.2, 0.25) is 0 Å². The summed E-state index contributed by atoms with van der Waals surface area (Å²) in [4.78, 5) is 14.6. The number of aromatic nitrogens is 1. The van der Waals surface area contributed by atoms with E-state index in [4.69, 9.17) is 5.73 Å². The maximum absolute atomic E-state index is 10.6. The summed E-state index contributed by atoms with van der Waals surface area (Å²) in [6.07, 6.45) is 4.04. The van der Waals surface area contributed by atoms with Gasteiger partial charge in [-0.25, -0.2) is 0 Å². The van der Waals surface area contributed by atoms with Crippen molar-refractivity contribution in [3.63, 3.8) is 0 Å². The van der Waals surface area contributed by atoms with Crippen LogP contribution >= 0.6 is 0 Å². The number of nitrogen functional groups attached to an aromatic ring is 1. The minimum Gasteiger partial charge on any atom is -0.399 e. The molecule has 74 valence electrons. The van der Waals surface area contributed by atoms with E-state index in [-0.39, 0.29) is 0 Å². The number of pyridine rings is 1. The highest BCUT2D eigenvalue weighted by Gasteiger charge is 1.99. The number of rotatable bonds is 2. The fraction of sp³-hybridized carbons (Fsp3) is 0. The summed E-state index contributed by atoms with van der Waals surface area (Å²) in [7, 11) is 0. The van der Waals surface area contributed by atoms with Crippen LogP contribution in [0.5, 0.6) is 0 Å². The fourth-order valence-electron chi connectivity index (χ4n) is 1.36. The Bertz CT molecular complexity index is 477. The molecular weight excluding hydrogens is 188 g/mol. The first-order valence-corrected chi connectivity index (χ1v) is 4.56. The molecule has 0 aliphatic carbocycles. The van der Waals surface area contributed by atoms with Gasteiger partial charge in [-0.15, -0.1) is 0 Å². The largest absolute Gasteiger partial charge is 0.399 e. The molecule has 0 unspecified atom stereocenters. The lowest BCUT2D eigenvalue weighted by atomic mass is 10.1. The molecule has 15 heavy (non-hydrogen) atoms. The molecular formula is C12H10N2O. The number of hydrogen-bond acceptors (Lipinski definition) is 3. The Hall–Kier alpha value is -2.16. The number of carbonyl (C=O) groups is 1. The zero-order valence-corrected chi connectivity index (χ0v) is 8.05. The molecule has 0 saturated heterocycles. The van der Waals surface area contributed by atoms with E-state index in [0.717, 1.165) is 23.1 Å². The first-order valence-electron chi connectivity index (χ1n) is 4.56. The van der Waals surface area contributed by atoms with E-state index in [0.29, 0.717) is 5.56 Å². The van der Waals surface area contributed by atoms with Crippen LogP contribution in [0.2, 0.25) is 0 Å². The fourth-order valence-corrected chi connectivity index (χ4v) is 1.36. The number of anilines is 1. The molecule has 0 aliphatic rings. The lowest BCUT2D eigenvalue weighted by molar-refractivity contribution is 0.112. The number of nitrogens with two attached hydrogens (primary N) is 1. The maximum Gasteiger partial charge on any atom is 0.151 e. The van der Waals surface area contributed by atoms with Crippen molar-refractivity contribution in [3.05, 3.63) is 48.3 Å². The van der Waals surface area contributed by atoms with Crippen LogP contribution in [-0.2, 0) is 0 Å². The van der Waals surface area contributed by atoms with Gasteiger partial charge in [0.15, 0.2) is 6.29 Å². The molecule has 0 bridgehead atoms. The standard InChI is InChI=1S/C12H10N2O/c13-12-3-1-10(2-4-12)11-5-9(8-15)6-14-7-11/h1-8H,13H2. The molecule has 1 aromatic carbocycles. The molecule has 1 heterocycles.